The number of aliphatic hydroxyl groups excluding tert-OH is 4. The highest BCUT2D eigenvalue weighted by Crippen LogP contribution is 2.37. The van der Waals surface area contributed by atoms with Gasteiger partial charge in [-0.3, -0.25) is 28.8 Å². The van der Waals surface area contributed by atoms with Crippen molar-refractivity contribution in [2.24, 2.45) is 0 Å². The number of aromatic amines is 2. The first kappa shape index (κ1) is 53.9. The van der Waals surface area contributed by atoms with E-state index in [4.69, 9.17) is 0 Å². The highest BCUT2D eigenvalue weighted by atomic mass is 19.2. The summed E-state index contributed by atoms with van der Waals surface area (Å²) in [6.45, 7) is 9.85. The molecule has 0 radical (unpaired) electrons. The number of H-pyrrole nitrogens is 2. The number of amides is 4. The lowest BCUT2D eigenvalue weighted by Gasteiger charge is -2.15. The number of ketones is 2. The first-order valence-electron chi connectivity index (χ1n) is 21.6. The van der Waals surface area contributed by atoms with Gasteiger partial charge in [0.2, 0.25) is 0 Å². The SMILES string of the molecule is C.CC(=O)CC(O)CC(O)CCNC(=O)c1c(C)[nH]c(/C=C2\C(=O)Nc3ccc(F)c(F)c32)c1C.CC(=O)CC(O)CC(O)CCNC(=O)c1c(C)[nH]c(/C=C2\C(=O)Nc3ccc(F)cc32)c1C. The molecule has 16 nitrogen and oxygen atoms in total. The van der Waals surface area contributed by atoms with Crippen LogP contribution in [-0.4, -0.2) is 103 Å². The highest BCUT2D eigenvalue weighted by molar-refractivity contribution is 6.35. The number of aryl methyl sites for hydroxylation is 2. The predicted octanol–water partition coefficient (Wildman–Crippen LogP) is 5.72. The molecule has 6 rings (SSSR count). The van der Waals surface area contributed by atoms with E-state index in [0.717, 1.165) is 6.07 Å². The van der Waals surface area contributed by atoms with Crippen LogP contribution in [0.4, 0.5) is 24.5 Å². The van der Waals surface area contributed by atoms with E-state index in [-0.39, 0.29) is 99.2 Å². The van der Waals surface area contributed by atoms with Gasteiger partial charge < -0.3 is 51.7 Å². The number of benzene rings is 2. The largest absolute Gasteiger partial charge is 0.393 e. The molecule has 2 aromatic carbocycles. The summed E-state index contributed by atoms with van der Waals surface area (Å²) in [6.07, 6.45) is -0.188. The summed E-state index contributed by atoms with van der Waals surface area (Å²) >= 11 is 0. The third-order valence-electron chi connectivity index (χ3n) is 11.3. The molecule has 0 spiro atoms. The van der Waals surface area contributed by atoms with E-state index >= 15 is 0 Å². The zero-order valence-corrected chi connectivity index (χ0v) is 37.9. The number of aliphatic hydroxyl groups is 4. The van der Waals surface area contributed by atoms with E-state index in [1.54, 1.807) is 33.8 Å². The number of fused-ring (bicyclic) bond motifs is 2. The number of Topliss-reactive ketones (excluding diaryl/α,β-unsaturated/α-hetero) is 2. The number of anilines is 2. The Kier molecular flexibility index (Phi) is 18.5. The van der Waals surface area contributed by atoms with Crippen LogP contribution in [0, 0.1) is 45.1 Å². The van der Waals surface area contributed by atoms with Gasteiger partial charge in [-0.05, 0) is 121 Å². The minimum Gasteiger partial charge on any atom is -0.393 e. The van der Waals surface area contributed by atoms with Crippen molar-refractivity contribution in [1.29, 1.82) is 0 Å². The van der Waals surface area contributed by atoms with Crippen molar-refractivity contribution in [3.05, 3.63) is 104 Å². The van der Waals surface area contributed by atoms with Gasteiger partial charge in [-0.2, -0.15) is 0 Å². The molecule has 68 heavy (non-hydrogen) atoms. The van der Waals surface area contributed by atoms with Crippen molar-refractivity contribution in [3.63, 3.8) is 0 Å². The molecule has 366 valence electrons. The monoisotopic (exact) mass is 948 g/mol. The Morgan fingerprint density at radius 2 is 1.09 bits per heavy atom. The van der Waals surface area contributed by atoms with Crippen molar-refractivity contribution in [2.45, 2.75) is 112 Å². The maximum atomic E-state index is 14.4. The second-order valence-electron chi connectivity index (χ2n) is 16.8. The molecule has 2 aliphatic rings. The van der Waals surface area contributed by atoms with Crippen LogP contribution in [0.5, 0.6) is 0 Å². The van der Waals surface area contributed by atoms with Gasteiger partial charge >= 0.3 is 0 Å². The summed E-state index contributed by atoms with van der Waals surface area (Å²) in [5.74, 6) is -4.69. The maximum absolute atomic E-state index is 14.4. The molecule has 0 bridgehead atoms. The first-order valence-corrected chi connectivity index (χ1v) is 21.6. The van der Waals surface area contributed by atoms with Crippen LogP contribution in [-0.2, 0) is 19.2 Å². The van der Waals surface area contributed by atoms with Crippen LogP contribution < -0.4 is 21.3 Å². The number of halogens is 3. The van der Waals surface area contributed by atoms with Crippen LogP contribution in [0.3, 0.4) is 0 Å². The summed E-state index contributed by atoms with van der Waals surface area (Å²) in [5, 5.41) is 50.1. The first-order chi connectivity index (χ1) is 31.6. The van der Waals surface area contributed by atoms with E-state index in [1.807, 2.05) is 0 Å². The van der Waals surface area contributed by atoms with Crippen molar-refractivity contribution in [2.75, 3.05) is 23.7 Å². The van der Waals surface area contributed by atoms with Crippen molar-refractivity contribution >= 4 is 69.9 Å². The Morgan fingerprint density at radius 3 is 1.57 bits per heavy atom. The smallest absolute Gasteiger partial charge is 0.256 e. The highest BCUT2D eigenvalue weighted by Gasteiger charge is 2.31. The summed E-state index contributed by atoms with van der Waals surface area (Å²) < 4.78 is 41.8. The van der Waals surface area contributed by atoms with Crippen LogP contribution >= 0.6 is 0 Å². The number of nitrogens with one attached hydrogen (secondary N) is 6. The fraction of sp³-hybridized carbons (Fsp3) is 0.388. The summed E-state index contributed by atoms with van der Waals surface area (Å²) in [6, 6.07) is 6.28. The van der Waals surface area contributed by atoms with E-state index in [0.29, 0.717) is 61.9 Å². The number of aromatic nitrogens is 2. The summed E-state index contributed by atoms with van der Waals surface area (Å²) in [7, 11) is 0. The minimum atomic E-state index is -1.13. The van der Waals surface area contributed by atoms with Crippen molar-refractivity contribution in [1.82, 2.24) is 20.6 Å². The molecule has 2 aromatic heterocycles. The molecule has 0 saturated heterocycles. The Morgan fingerprint density at radius 1 is 0.647 bits per heavy atom. The molecule has 4 atom stereocenters. The molecule has 0 fully saturated rings. The number of hydrogen-bond donors (Lipinski definition) is 10. The average molecular weight is 949 g/mol. The van der Waals surface area contributed by atoms with Crippen molar-refractivity contribution in [3.8, 4) is 0 Å². The van der Waals surface area contributed by atoms with Gasteiger partial charge in [0, 0.05) is 65.5 Å². The molecule has 19 heteroatoms. The maximum Gasteiger partial charge on any atom is 0.256 e. The van der Waals surface area contributed by atoms with E-state index in [1.165, 1.54) is 44.2 Å². The third kappa shape index (κ3) is 13.3. The number of carbonyl (C=O) groups excluding carboxylic acids is 6. The molecule has 4 aromatic rings. The molecule has 0 aliphatic carbocycles. The normalized spacial score (nSPS) is 15.5. The van der Waals surface area contributed by atoms with Gasteiger partial charge in [0.15, 0.2) is 11.6 Å². The van der Waals surface area contributed by atoms with Gasteiger partial charge in [0.1, 0.15) is 17.4 Å². The second kappa shape index (κ2) is 23.4. The molecular weight excluding hydrogens is 890 g/mol. The fourth-order valence-electron chi connectivity index (χ4n) is 8.05. The molecule has 2 aliphatic heterocycles. The lowest BCUT2D eigenvalue weighted by Crippen LogP contribution is -2.29. The molecule has 4 unspecified atom stereocenters. The standard InChI is InChI=1S/C24H27F2N3O5.C24H28FN3O5.CH4/c1-11(30)8-15(32)9-14(31)6-7-27-24(34)20-12(2)19(28-13(20)3)10-16-21-18(29-23(16)33)5-4-17(25)22(21)26;1-12(29)8-17(31)10-16(30)6-7-26-24(33)22-13(2)21(27-14(22)3)11-19-18-9-15(25)4-5-20(18)28-23(19)32;/h4-5,10,14-15,28,31-32H,6-9H2,1-3H3,(H,27,34)(H,29,33);4-5,9,11,16-17,27,30-31H,6-8,10H2,1-3H3,(H,26,33)(H,28,32);1H4/b16-10-;19-11-;. The van der Waals surface area contributed by atoms with Gasteiger partial charge in [-0.15, -0.1) is 0 Å². The van der Waals surface area contributed by atoms with Crippen molar-refractivity contribution < 1.29 is 62.4 Å². The Balaban J connectivity index is 0.000000292. The second-order valence-corrected chi connectivity index (χ2v) is 16.8. The Hall–Kier alpha value is -6.67. The zero-order chi connectivity index (χ0) is 49.4. The van der Waals surface area contributed by atoms with E-state index in [2.05, 4.69) is 31.2 Å². The van der Waals surface area contributed by atoms with Crippen LogP contribution in [0.15, 0.2) is 30.3 Å². The van der Waals surface area contributed by atoms with Crippen LogP contribution in [0.2, 0.25) is 0 Å². The quantitative estimate of drug-likeness (QED) is 0.0542. The summed E-state index contributed by atoms with van der Waals surface area (Å²) in [4.78, 5) is 78.3. The Bertz CT molecular complexity index is 2650. The lowest BCUT2D eigenvalue weighted by molar-refractivity contribution is -0.120. The molecule has 4 heterocycles. The van der Waals surface area contributed by atoms with Gasteiger partial charge in [-0.1, -0.05) is 7.43 Å². The van der Waals surface area contributed by atoms with E-state index in [9.17, 15) is 62.4 Å². The predicted molar refractivity (Wildman–Crippen MR) is 251 cm³/mol. The molecular formula is C49H59F3N6O10. The fourth-order valence-corrected chi connectivity index (χ4v) is 8.05. The minimum absolute atomic E-state index is 0. The molecule has 4 amide bonds. The number of carbonyl (C=O) groups is 6. The van der Waals surface area contributed by atoms with Gasteiger partial charge in [-0.25, -0.2) is 13.2 Å². The van der Waals surface area contributed by atoms with Crippen LogP contribution in [0.25, 0.3) is 23.3 Å². The topological polar surface area (TPSA) is 263 Å². The van der Waals surface area contributed by atoms with Crippen LogP contribution in [0.1, 0.15) is 126 Å². The van der Waals surface area contributed by atoms with Gasteiger partial charge in [0.25, 0.3) is 23.6 Å². The van der Waals surface area contributed by atoms with Gasteiger partial charge in [0.05, 0.1) is 52.4 Å². The zero-order valence-electron chi connectivity index (χ0n) is 37.9. The number of hydrogen-bond acceptors (Lipinski definition) is 10. The Labute approximate surface area is 391 Å². The molecule has 0 saturated carbocycles. The summed E-state index contributed by atoms with van der Waals surface area (Å²) in [5.41, 5.74) is 5.20. The molecule has 10 N–H and O–H groups in total. The lowest BCUT2D eigenvalue weighted by atomic mass is 10.0. The number of rotatable bonds is 18. The third-order valence-corrected chi connectivity index (χ3v) is 11.3. The van der Waals surface area contributed by atoms with E-state index < -0.39 is 53.7 Å². The average Bonchev–Trinajstić information content (AvgIpc) is 3.90.